The van der Waals surface area contributed by atoms with Gasteiger partial charge in [0.2, 0.25) is 17.6 Å². The number of benzene rings is 1. The number of amides is 3. The summed E-state index contributed by atoms with van der Waals surface area (Å²) in [5.74, 6) is -4.03. The maximum Gasteiger partial charge on any atom is 0.251 e. The van der Waals surface area contributed by atoms with E-state index < -0.39 is 35.5 Å². The maximum atomic E-state index is 13.1. The highest BCUT2D eigenvalue weighted by Crippen LogP contribution is 2.43. The molecule has 0 radical (unpaired) electrons. The smallest absolute Gasteiger partial charge is 0.251 e. The average Bonchev–Trinajstić information content (AvgIpc) is 3.42. The molecule has 13 nitrogen and oxygen atoms in total. The van der Waals surface area contributed by atoms with E-state index in [2.05, 4.69) is 21.3 Å². The van der Waals surface area contributed by atoms with Crippen molar-refractivity contribution >= 4 is 29.6 Å². The van der Waals surface area contributed by atoms with Crippen LogP contribution in [0.1, 0.15) is 48.5 Å². The lowest BCUT2D eigenvalue weighted by molar-refractivity contribution is -0.232. The maximum absolute atomic E-state index is 13.1. The van der Waals surface area contributed by atoms with Crippen LogP contribution in [0.25, 0.3) is 0 Å². The number of imide groups is 1. The molecule has 1 aromatic rings. The van der Waals surface area contributed by atoms with Crippen LogP contribution in [-0.2, 0) is 9.59 Å². The summed E-state index contributed by atoms with van der Waals surface area (Å²) < 4.78 is 0. The molecule has 1 spiro atoms. The lowest BCUT2D eigenvalue weighted by atomic mass is 9.84. The van der Waals surface area contributed by atoms with Crippen molar-refractivity contribution in [1.29, 1.82) is 10.8 Å². The van der Waals surface area contributed by atoms with Crippen LogP contribution in [0, 0.1) is 10.8 Å². The normalized spacial score (nSPS) is 30.6. The largest absolute Gasteiger partial charge is 0.361 e. The van der Waals surface area contributed by atoms with Crippen molar-refractivity contribution in [1.82, 2.24) is 31.1 Å². The van der Waals surface area contributed by atoms with Crippen molar-refractivity contribution in [3.05, 3.63) is 35.4 Å². The Morgan fingerprint density at radius 1 is 1.19 bits per heavy atom. The molecule has 13 heteroatoms. The minimum Gasteiger partial charge on any atom is -0.361 e. The van der Waals surface area contributed by atoms with E-state index in [0.717, 1.165) is 10.5 Å². The zero-order valence-corrected chi connectivity index (χ0v) is 20.0. The Kier molecular flexibility index (Phi) is 5.45. The number of nitrogens with one attached hydrogen (secondary N) is 6. The summed E-state index contributed by atoms with van der Waals surface area (Å²) in [5, 5.41) is 51.0. The number of likely N-dealkylation sites (tertiary alicyclic amines) is 1. The zero-order valence-electron chi connectivity index (χ0n) is 20.0. The monoisotopic (exact) mass is 498 g/mol. The molecule has 4 aliphatic heterocycles. The second-order valence-corrected chi connectivity index (χ2v) is 10.0. The van der Waals surface area contributed by atoms with E-state index in [1.165, 1.54) is 4.90 Å². The minimum absolute atomic E-state index is 0.0997. The van der Waals surface area contributed by atoms with E-state index >= 15 is 0 Å². The van der Waals surface area contributed by atoms with Crippen molar-refractivity contribution in [2.24, 2.45) is 0 Å². The molecule has 0 saturated carbocycles. The molecular weight excluding hydrogens is 468 g/mol. The summed E-state index contributed by atoms with van der Waals surface area (Å²) in [6.45, 7) is 3.76. The number of carbonyl (C=O) groups excluding carboxylic acids is 3. The third-order valence-corrected chi connectivity index (χ3v) is 7.55. The molecular formula is C23H30N8O5. The van der Waals surface area contributed by atoms with Crippen LogP contribution in [0.4, 0.5) is 0 Å². The van der Waals surface area contributed by atoms with Gasteiger partial charge in [0, 0.05) is 24.9 Å². The van der Waals surface area contributed by atoms with Gasteiger partial charge >= 0.3 is 0 Å². The number of hydrogen-bond acceptors (Lipinski definition) is 7. The fourth-order valence-electron chi connectivity index (χ4n) is 5.64. The van der Waals surface area contributed by atoms with E-state index in [4.69, 9.17) is 10.8 Å². The molecule has 0 aromatic heterocycles. The van der Waals surface area contributed by atoms with Gasteiger partial charge in [-0.05, 0) is 23.6 Å². The first-order chi connectivity index (χ1) is 17.0. The van der Waals surface area contributed by atoms with E-state index in [1.54, 1.807) is 18.2 Å². The van der Waals surface area contributed by atoms with Gasteiger partial charge in [-0.1, -0.05) is 26.0 Å². The number of nitrogens with zero attached hydrogens (tertiary/aromatic N) is 2. The first kappa shape index (κ1) is 24.0. The van der Waals surface area contributed by atoms with Crippen molar-refractivity contribution in [2.75, 3.05) is 13.1 Å². The molecule has 4 heterocycles. The topological polar surface area (TPSA) is 194 Å². The Morgan fingerprint density at radius 2 is 1.89 bits per heavy atom. The van der Waals surface area contributed by atoms with Crippen molar-refractivity contribution in [2.45, 2.75) is 62.2 Å². The predicted octanol–water partition coefficient (Wildman–Crippen LogP) is -1.85. The van der Waals surface area contributed by atoms with Crippen LogP contribution in [0.5, 0.6) is 0 Å². The highest BCUT2D eigenvalue weighted by atomic mass is 16.5. The minimum atomic E-state index is -2.63. The average molecular weight is 499 g/mol. The molecule has 1 unspecified atom stereocenters. The second-order valence-electron chi connectivity index (χ2n) is 10.0. The quantitative estimate of drug-likeness (QED) is 0.170. The van der Waals surface area contributed by atoms with Crippen molar-refractivity contribution < 1.29 is 24.6 Å². The molecule has 1 aromatic carbocycles. The second kappa shape index (κ2) is 8.17. The third kappa shape index (κ3) is 3.41. The van der Waals surface area contributed by atoms with Crippen LogP contribution in [0.15, 0.2) is 24.3 Å². The lowest BCUT2D eigenvalue weighted by Gasteiger charge is -2.51. The SMILES string of the molecule is CC(C)c1cccc(C(=O)NC2CN3C(=N)N[C@@H](CN4C(=O)CCC4=O)[C@@H]4NC(=N)N[C@@]43C2(O)O)c1. The standard InChI is InChI=1S/C23H30N8O5/c1-11(2)12-4-3-5-13(8-12)19(34)27-15-10-31-21(25)26-14(9-30-16(32)6-7-17(30)33)18-22(31,23(15,35)36)29-20(24)28-18/h3-5,8,11,14-15,18,35-36H,6-7,9-10H2,1-2H3,(H2,25,26)(H,27,34)(H3,24,28,29)/t14-,15?,18-,22-/m0/s1. The van der Waals surface area contributed by atoms with Gasteiger partial charge in [0.25, 0.3) is 5.91 Å². The van der Waals surface area contributed by atoms with Gasteiger partial charge in [-0.25, -0.2) is 0 Å². The van der Waals surface area contributed by atoms with Crippen molar-refractivity contribution in [3.63, 3.8) is 0 Å². The molecule has 4 saturated heterocycles. The van der Waals surface area contributed by atoms with Crippen LogP contribution < -0.4 is 21.3 Å². The molecule has 0 bridgehead atoms. The van der Waals surface area contributed by atoms with Gasteiger partial charge in [0.1, 0.15) is 6.04 Å². The van der Waals surface area contributed by atoms with Crippen LogP contribution in [-0.4, -0.2) is 92.3 Å². The summed E-state index contributed by atoms with van der Waals surface area (Å²) >= 11 is 0. The van der Waals surface area contributed by atoms with Gasteiger partial charge in [-0.15, -0.1) is 0 Å². The lowest BCUT2D eigenvalue weighted by Crippen LogP contribution is -2.81. The number of carbonyl (C=O) groups is 3. The molecule has 3 amide bonds. The predicted molar refractivity (Wildman–Crippen MR) is 127 cm³/mol. The molecule has 4 aliphatic rings. The first-order valence-corrected chi connectivity index (χ1v) is 11.9. The van der Waals surface area contributed by atoms with E-state index in [0.29, 0.717) is 5.56 Å². The first-order valence-electron chi connectivity index (χ1n) is 11.9. The van der Waals surface area contributed by atoms with E-state index in [1.807, 2.05) is 19.9 Å². The molecule has 192 valence electrons. The molecule has 4 atom stereocenters. The Morgan fingerprint density at radius 3 is 2.56 bits per heavy atom. The van der Waals surface area contributed by atoms with Gasteiger partial charge < -0.3 is 36.4 Å². The molecule has 5 rings (SSSR count). The van der Waals surface area contributed by atoms with Crippen LogP contribution >= 0.6 is 0 Å². The Labute approximate surface area is 207 Å². The molecule has 0 aliphatic carbocycles. The summed E-state index contributed by atoms with van der Waals surface area (Å²) in [7, 11) is 0. The van der Waals surface area contributed by atoms with Crippen LogP contribution in [0.3, 0.4) is 0 Å². The molecule has 4 fully saturated rings. The summed E-state index contributed by atoms with van der Waals surface area (Å²) in [6.07, 6.45) is 0.199. The number of hydrogen-bond donors (Lipinski definition) is 8. The van der Waals surface area contributed by atoms with Gasteiger partial charge in [-0.2, -0.15) is 0 Å². The molecule has 8 N–H and O–H groups in total. The van der Waals surface area contributed by atoms with Crippen molar-refractivity contribution in [3.8, 4) is 0 Å². The summed E-state index contributed by atoms with van der Waals surface area (Å²) in [5.41, 5.74) is -0.488. The van der Waals surface area contributed by atoms with Gasteiger partial charge in [0.05, 0.1) is 18.6 Å². The number of aliphatic hydroxyl groups is 2. The van der Waals surface area contributed by atoms with Gasteiger partial charge in [0.15, 0.2) is 17.6 Å². The Balaban J connectivity index is 1.44. The fourth-order valence-corrected chi connectivity index (χ4v) is 5.64. The van der Waals surface area contributed by atoms with E-state index in [-0.39, 0.29) is 55.6 Å². The number of rotatable bonds is 5. The summed E-state index contributed by atoms with van der Waals surface area (Å²) in [4.78, 5) is 40.0. The fraction of sp³-hybridized carbons (Fsp3) is 0.522. The molecule has 36 heavy (non-hydrogen) atoms. The van der Waals surface area contributed by atoms with Gasteiger partial charge in [-0.3, -0.25) is 30.1 Å². The van der Waals surface area contributed by atoms with Crippen LogP contribution in [0.2, 0.25) is 0 Å². The third-order valence-electron chi connectivity index (χ3n) is 7.55. The van der Waals surface area contributed by atoms with E-state index in [9.17, 15) is 24.6 Å². The Bertz CT molecular complexity index is 1150. The highest BCUT2D eigenvalue weighted by molar-refractivity contribution is 6.02. The summed E-state index contributed by atoms with van der Waals surface area (Å²) in [6, 6.07) is 4.09. The number of guanidine groups is 2. The zero-order chi connectivity index (χ0) is 26.0. The highest BCUT2D eigenvalue weighted by Gasteiger charge is 2.74. The Hall–Kier alpha value is -3.71.